The molecular formula is C22H18NO2+. The number of ether oxygens (including phenoxy) is 1. The van der Waals surface area contributed by atoms with Gasteiger partial charge >= 0.3 is 5.97 Å². The molecule has 0 saturated heterocycles. The summed E-state index contributed by atoms with van der Waals surface area (Å²) in [5.41, 5.74) is 3.54. The topological polar surface area (TPSA) is 30.2 Å². The molecule has 0 saturated carbocycles. The number of nitrogens with zero attached hydrogens (tertiary/aromatic N) is 1. The number of carbonyl (C=O) groups excluding carboxylic acids is 1. The first kappa shape index (κ1) is 15.3. The van der Waals surface area contributed by atoms with Crippen molar-refractivity contribution in [3.8, 4) is 5.75 Å². The molecule has 122 valence electrons. The number of benzene rings is 3. The van der Waals surface area contributed by atoms with Crippen LogP contribution in [-0.2, 0) is 7.05 Å². The quantitative estimate of drug-likeness (QED) is 0.237. The first-order chi connectivity index (χ1) is 12.2. The molecule has 4 aromatic rings. The Kier molecular flexibility index (Phi) is 3.69. The predicted molar refractivity (Wildman–Crippen MR) is 98.8 cm³/mol. The smallest absolute Gasteiger partial charge is 0.345 e. The molecule has 0 aliphatic heterocycles. The molecule has 3 nitrogen and oxygen atoms in total. The highest BCUT2D eigenvalue weighted by Crippen LogP contribution is 2.27. The summed E-state index contributed by atoms with van der Waals surface area (Å²) < 4.78 is 7.85. The van der Waals surface area contributed by atoms with E-state index in [9.17, 15) is 4.79 Å². The third-order valence-corrected chi connectivity index (χ3v) is 4.57. The van der Waals surface area contributed by atoms with Crippen molar-refractivity contribution in [1.29, 1.82) is 0 Å². The van der Waals surface area contributed by atoms with Crippen molar-refractivity contribution in [2.75, 3.05) is 0 Å². The first-order valence-corrected chi connectivity index (χ1v) is 8.24. The molecular weight excluding hydrogens is 310 g/mol. The number of rotatable bonds is 2. The summed E-state index contributed by atoms with van der Waals surface area (Å²) in [6.07, 6.45) is 0. The molecule has 0 atom stereocenters. The molecule has 0 unspecified atom stereocenters. The van der Waals surface area contributed by atoms with Crippen molar-refractivity contribution in [2.45, 2.75) is 6.92 Å². The van der Waals surface area contributed by atoms with E-state index in [2.05, 4.69) is 4.57 Å². The van der Waals surface area contributed by atoms with Crippen molar-refractivity contribution in [1.82, 2.24) is 0 Å². The third kappa shape index (κ3) is 2.54. The summed E-state index contributed by atoms with van der Waals surface area (Å²) in [6, 6.07) is 23.4. The van der Waals surface area contributed by atoms with Crippen LogP contribution in [0.25, 0.3) is 21.8 Å². The Labute approximate surface area is 146 Å². The maximum atomic E-state index is 13.1. The fourth-order valence-corrected chi connectivity index (χ4v) is 3.27. The van der Waals surface area contributed by atoms with Gasteiger partial charge in [0, 0.05) is 12.1 Å². The van der Waals surface area contributed by atoms with Gasteiger partial charge in [0.05, 0.1) is 16.3 Å². The molecule has 3 heteroatoms. The second-order valence-corrected chi connectivity index (χ2v) is 6.12. The van der Waals surface area contributed by atoms with Crippen LogP contribution in [0.1, 0.15) is 15.9 Å². The predicted octanol–water partition coefficient (Wildman–Crippen LogP) is 4.35. The zero-order chi connectivity index (χ0) is 17.4. The molecule has 0 fully saturated rings. The normalized spacial score (nSPS) is 11.0. The maximum absolute atomic E-state index is 13.1. The van der Waals surface area contributed by atoms with Gasteiger partial charge in [-0.05, 0) is 30.7 Å². The molecule has 0 N–H and O–H groups in total. The third-order valence-electron chi connectivity index (χ3n) is 4.57. The largest absolute Gasteiger partial charge is 0.423 e. The van der Waals surface area contributed by atoms with E-state index in [0.717, 1.165) is 27.4 Å². The van der Waals surface area contributed by atoms with Crippen LogP contribution in [0.15, 0.2) is 72.8 Å². The zero-order valence-electron chi connectivity index (χ0n) is 14.2. The number of carbonyl (C=O) groups is 1. The van der Waals surface area contributed by atoms with E-state index >= 15 is 0 Å². The Hall–Kier alpha value is -3.20. The van der Waals surface area contributed by atoms with E-state index in [1.165, 1.54) is 0 Å². The summed E-state index contributed by atoms with van der Waals surface area (Å²) in [6.45, 7) is 1.93. The first-order valence-electron chi connectivity index (χ1n) is 8.24. The van der Waals surface area contributed by atoms with Crippen molar-refractivity contribution in [2.24, 2.45) is 7.05 Å². The van der Waals surface area contributed by atoms with Crippen LogP contribution in [0, 0.1) is 6.92 Å². The molecule has 1 heterocycles. The molecule has 4 rings (SSSR count). The van der Waals surface area contributed by atoms with Crippen LogP contribution >= 0.6 is 0 Å². The number of aromatic nitrogens is 1. The Balaban J connectivity index is 1.97. The lowest BCUT2D eigenvalue weighted by molar-refractivity contribution is -0.617. The van der Waals surface area contributed by atoms with Gasteiger partial charge in [-0.3, -0.25) is 0 Å². The van der Waals surface area contributed by atoms with Gasteiger partial charge in [0.15, 0.2) is 0 Å². The van der Waals surface area contributed by atoms with Crippen molar-refractivity contribution >= 4 is 27.8 Å². The summed E-state index contributed by atoms with van der Waals surface area (Å²) in [5.74, 6) is 0.260. The number of hydrogen-bond acceptors (Lipinski definition) is 2. The second-order valence-electron chi connectivity index (χ2n) is 6.12. The SMILES string of the molecule is Cc1ccccc1OC(=O)c1c2ccccc2[n+](C)c2ccccc12. The van der Waals surface area contributed by atoms with Gasteiger partial charge in [-0.15, -0.1) is 0 Å². The number of aryl methyl sites for hydroxylation is 2. The van der Waals surface area contributed by atoms with Crippen LogP contribution in [-0.4, -0.2) is 5.97 Å². The van der Waals surface area contributed by atoms with Gasteiger partial charge in [0.1, 0.15) is 12.8 Å². The molecule has 1 aromatic heterocycles. The van der Waals surface area contributed by atoms with Gasteiger partial charge in [-0.2, -0.15) is 4.57 Å². The van der Waals surface area contributed by atoms with Crippen LogP contribution < -0.4 is 9.30 Å². The van der Waals surface area contributed by atoms with Gasteiger partial charge < -0.3 is 4.74 Å². The number of hydrogen-bond donors (Lipinski definition) is 0. The minimum Gasteiger partial charge on any atom is -0.423 e. The summed E-state index contributed by atoms with van der Waals surface area (Å²) in [5, 5.41) is 1.78. The zero-order valence-corrected chi connectivity index (χ0v) is 14.2. The fourth-order valence-electron chi connectivity index (χ4n) is 3.27. The minimum absolute atomic E-state index is 0.331. The molecule has 3 aromatic carbocycles. The number of para-hydroxylation sites is 3. The standard InChI is InChI=1S/C22H18NO2/c1-15-9-3-8-14-20(15)25-22(24)21-16-10-4-6-12-18(16)23(2)19-13-7-5-11-17(19)21/h3-14H,1-2H3/q+1. The molecule has 0 spiro atoms. The van der Waals surface area contributed by atoms with Gasteiger partial charge in [0.25, 0.3) is 0 Å². The Morgan fingerprint density at radius 1 is 0.800 bits per heavy atom. The molecule has 0 radical (unpaired) electrons. The highest BCUT2D eigenvalue weighted by Gasteiger charge is 2.23. The summed E-state index contributed by atoms with van der Waals surface area (Å²) in [4.78, 5) is 13.1. The van der Waals surface area contributed by atoms with Crippen LogP contribution in [0.4, 0.5) is 0 Å². The van der Waals surface area contributed by atoms with E-state index in [1.54, 1.807) is 0 Å². The maximum Gasteiger partial charge on any atom is 0.345 e. The Bertz CT molecular complexity index is 1060. The molecule has 0 amide bonds. The van der Waals surface area contributed by atoms with Crippen LogP contribution in [0.3, 0.4) is 0 Å². The monoisotopic (exact) mass is 328 g/mol. The Morgan fingerprint density at radius 3 is 1.92 bits per heavy atom. The fraction of sp³-hybridized carbons (Fsp3) is 0.0909. The van der Waals surface area contributed by atoms with Gasteiger partial charge in [-0.1, -0.05) is 42.5 Å². The van der Waals surface area contributed by atoms with E-state index in [4.69, 9.17) is 4.74 Å². The van der Waals surface area contributed by atoms with E-state index in [0.29, 0.717) is 11.3 Å². The van der Waals surface area contributed by atoms with Crippen LogP contribution in [0.5, 0.6) is 5.75 Å². The highest BCUT2D eigenvalue weighted by molar-refractivity contribution is 6.13. The molecule has 0 bridgehead atoms. The van der Waals surface area contributed by atoms with E-state index < -0.39 is 0 Å². The van der Waals surface area contributed by atoms with Crippen LogP contribution in [0.2, 0.25) is 0 Å². The molecule has 0 aliphatic rings. The Morgan fingerprint density at radius 2 is 1.32 bits per heavy atom. The lowest BCUT2D eigenvalue weighted by atomic mass is 10.0. The van der Waals surface area contributed by atoms with Gasteiger partial charge in [-0.25, -0.2) is 4.79 Å². The van der Waals surface area contributed by atoms with E-state index in [1.807, 2.05) is 86.8 Å². The molecule has 25 heavy (non-hydrogen) atoms. The lowest BCUT2D eigenvalue weighted by Crippen LogP contribution is -2.31. The number of pyridine rings is 1. The summed E-state index contributed by atoms with van der Waals surface area (Å²) >= 11 is 0. The number of fused-ring (bicyclic) bond motifs is 2. The number of esters is 1. The lowest BCUT2D eigenvalue weighted by Gasteiger charge is -2.11. The van der Waals surface area contributed by atoms with Gasteiger partial charge in [0.2, 0.25) is 11.0 Å². The van der Waals surface area contributed by atoms with Crippen molar-refractivity contribution in [3.63, 3.8) is 0 Å². The highest BCUT2D eigenvalue weighted by atomic mass is 16.5. The van der Waals surface area contributed by atoms with E-state index in [-0.39, 0.29) is 5.97 Å². The molecule has 0 aliphatic carbocycles. The van der Waals surface area contributed by atoms with Crippen molar-refractivity contribution in [3.05, 3.63) is 83.9 Å². The average Bonchev–Trinajstić information content (AvgIpc) is 2.64. The average molecular weight is 328 g/mol. The summed E-state index contributed by atoms with van der Waals surface area (Å²) in [7, 11) is 2.02. The second kappa shape index (κ2) is 6.02. The minimum atomic E-state index is -0.331. The van der Waals surface area contributed by atoms with Crippen molar-refractivity contribution < 1.29 is 14.1 Å².